The van der Waals surface area contributed by atoms with Gasteiger partial charge in [0.25, 0.3) is 5.91 Å². The van der Waals surface area contributed by atoms with Crippen LogP contribution in [0, 0.1) is 0 Å². The van der Waals surface area contributed by atoms with Crippen LogP contribution in [0.4, 0.5) is 5.69 Å². The molecule has 0 aromatic heterocycles. The molecule has 0 saturated heterocycles. The van der Waals surface area contributed by atoms with Gasteiger partial charge in [0, 0.05) is 37.6 Å². The second kappa shape index (κ2) is 21.1. The lowest BCUT2D eigenvalue weighted by molar-refractivity contribution is -0.152. The standard InChI is InChI=1S/C28H33NO6S.C2H6.C2H4/c1-6-9-23(7-2)27(30)29(19-8-10-21-13-17-25(18-14-21)35-36(5)32)24-15-11-22(12-16-24)20-26(33-3)28(31)34-4;2*1-2/h7-18,26H,2,6,19-20H2,1,3-5H3;1-2H3;1-2H2/b10-8+,23-9+;;. The van der Waals surface area contributed by atoms with Crippen molar-refractivity contribution in [3.05, 3.63) is 103 Å². The number of methoxy groups -OCH3 is 2. The van der Waals surface area contributed by atoms with Crippen molar-refractivity contribution in [2.24, 2.45) is 0 Å². The average Bonchev–Trinajstić information content (AvgIpc) is 2.99. The molecule has 8 heteroatoms. The molecule has 2 atom stereocenters. The van der Waals surface area contributed by atoms with Crippen molar-refractivity contribution in [3.8, 4) is 5.75 Å². The molecule has 218 valence electrons. The van der Waals surface area contributed by atoms with Crippen molar-refractivity contribution in [2.75, 3.05) is 31.9 Å². The molecule has 2 aromatic rings. The van der Waals surface area contributed by atoms with Crippen LogP contribution in [0.5, 0.6) is 5.75 Å². The van der Waals surface area contributed by atoms with Crippen molar-refractivity contribution in [1.29, 1.82) is 0 Å². The minimum absolute atomic E-state index is 0.164. The number of anilines is 1. The third-order valence-corrected chi connectivity index (χ3v) is 5.67. The van der Waals surface area contributed by atoms with E-state index in [1.54, 1.807) is 23.1 Å². The minimum Gasteiger partial charge on any atom is -0.467 e. The summed E-state index contributed by atoms with van der Waals surface area (Å²) < 4.78 is 26.4. The van der Waals surface area contributed by atoms with Crippen LogP contribution in [0.25, 0.3) is 6.08 Å². The van der Waals surface area contributed by atoms with Gasteiger partial charge < -0.3 is 18.6 Å². The van der Waals surface area contributed by atoms with E-state index >= 15 is 0 Å². The predicted octanol–water partition coefficient (Wildman–Crippen LogP) is 6.49. The summed E-state index contributed by atoms with van der Waals surface area (Å²) in [5.41, 5.74) is 3.02. The molecule has 40 heavy (non-hydrogen) atoms. The number of amides is 1. The van der Waals surface area contributed by atoms with Crippen LogP contribution in [0.15, 0.2) is 92.1 Å². The fourth-order valence-electron chi connectivity index (χ4n) is 3.42. The summed E-state index contributed by atoms with van der Waals surface area (Å²) in [6.45, 7) is 16.1. The van der Waals surface area contributed by atoms with Gasteiger partial charge >= 0.3 is 5.97 Å². The normalized spacial score (nSPS) is 12.1. The smallest absolute Gasteiger partial charge is 0.335 e. The maximum atomic E-state index is 13.3. The molecular weight excluding hydrogens is 526 g/mol. The quantitative estimate of drug-likeness (QED) is 0.119. The zero-order valence-corrected chi connectivity index (χ0v) is 25.4. The SMILES string of the molecule is C=C.C=C/C(=C\CC)C(=O)N(C/C=C/c1ccc(OS(C)=O)cc1)c1ccc(CC(OC)C(=O)OC)cc1.CC. The molecule has 0 fully saturated rings. The van der Waals surface area contributed by atoms with E-state index in [1.807, 2.05) is 75.4 Å². The lowest BCUT2D eigenvalue weighted by atomic mass is 10.1. The average molecular weight is 570 g/mol. The van der Waals surface area contributed by atoms with Gasteiger partial charge in [0.2, 0.25) is 11.1 Å². The van der Waals surface area contributed by atoms with E-state index in [-0.39, 0.29) is 5.91 Å². The Morgan fingerprint density at radius 2 is 1.62 bits per heavy atom. The third kappa shape index (κ3) is 12.4. The third-order valence-electron chi connectivity index (χ3n) is 5.25. The van der Waals surface area contributed by atoms with Gasteiger partial charge in [-0.25, -0.2) is 9.00 Å². The minimum atomic E-state index is -1.38. The molecule has 0 aliphatic rings. The predicted molar refractivity (Wildman–Crippen MR) is 167 cm³/mol. The Bertz CT molecular complexity index is 1120. The van der Waals surface area contributed by atoms with E-state index in [9.17, 15) is 13.8 Å². The number of nitrogens with zero attached hydrogens (tertiary/aromatic N) is 1. The van der Waals surface area contributed by atoms with Gasteiger partial charge in [-0.15, -0.1) is 13.2 Å². The summed E-state index contributed by atoms with van der Waals surface area (Å²) >= 11 is -1.38. The number of benzene rings is 2. The molecule has 0 bridgehead atoms. The number of hydrogen-bond donors (Lipinski definition) is 0. The largest absolute Gasteiger partial charge is 0.467 e. The van der Waals surface area contributed by atoms with E-state index in [4.69, 9.17) is 13.7 Å². The van der Waals surface area contributed by atoms with E-state index in [2.05, 4.69) is 19.7 Å². The van der Waals surface area contributed by atoms with E-state index < -0.39 is 23.2 Å². The second-order valence-corrected chi connectivity index (χ2v) is 8.73. The molecule has 2 aromatic carbocycles. The molecule has 1 amide bonds. The Morgan fingerprint density at radius 3 is 2.10 bits per heavy atom. The fraction of sp³-hybridized carbons (Fsp3) is 0.312. The number of allylic oxidation sites excluding steroid dienone is 1. The zero-order chi connectivity index (χ0) is 30.5. The Balaban J connectivity index is 0.00000363. The molecule has 0 saturated carbocycles. The molecule has 0 N–H and O–H groups in total. The van der Waals surface area contributed by atoms with Crippen molar-refractivity contribution in [1.82, 2.24) is 0 Å². The Hall–Kier alpha value is -3.75. The Labute approximate surface area is 242 Å². The number of carbonyl (C=O) groups excluding carboxylic acids is 2. The summed E-state index contributed by atoms with van der Waals surface area (Å²) in [5, 5.41) is 0. The number of carbonyl (C=O) groups is 2. The molecule has 2 rings (SSSR count). The monoisotopic (exact) mass is 569 g/mol. The molecule has 0 heterocycles. The fourth-order valence-corrected chi connectivity index (χ4v) is 3.81. The summed E-state index contributed by atoms with van der Waals surface area (Å²) in [5.74, 6) is -0.0812. The van der Waals surface area contributed by atoms with Gasteiger partial charge in [0.05, 0.1) is 7.11 Å². The second-order valence-electron chi connectivity index (χ2n) is 7.76. The van der Waals surface area contributed by atoms with Crippen LogP contribution in [0.1, 0.15) is 38.3 Å². The van der Waals surface area contributed by atoms with Crippen LogP contribution < -0.4 is 9.08 Å². The first-order valence-corrected chi connectivity index (χ1v) is 14.4. The number of ether oxygens (including phenoxy) is 2. The first kappa shape index (κ1) is 36.2. The first-order chi connectivity index (χ1) is 19.3. The summed E-state index contributed by atoms with van der Waals surface area (Å²) in [6, 6.07) is 14.6. The molecule has 0 aliphatic heterocycles. The van der Waals surface area contributed by atoms with Crippen LogP contribution in [-0.4, -0.2) is 49.2 Å². The van der Waals surface area contributed by atoms with Crippen molar-refractivity contribution in [2.45, 2.75) is 39.7 Å². The van der Waals surface area contributed by atoms with Crippen LogP contribution in [-0.2, 0) is 36.6 Å². The van der Waals surface area contributed by atoms with Gasteiger partial charge in [0.15, 0.2) is 6.10 Å². The maximum Gasteiger partial charge on any atom is 0.335 e. The van der Waals surface area contributed by atoms with Gasteiger partial charge in [-0.05, 0) is 41.8 Å². The summed E-state index contributed by atoms with van der Waals surface area (Å²) in [6.07, 6.45) is 9.03. The lowest BCUT2D eigenvalue weighted by Crippen LogP contribution is -2.32. The molecule has 2 unspecified atom stereocenters. The van der Waals surface area contributed by atoms with Gasteiger partial charge in [-0.1, -0.05) is 75.9 Å². The van der Waals surface area contributed by atoms with Crippen LogP contribution >= 0.6 is 0 Å². The molecule has 0 aliphatic carbocycles. The number of hydrogen-bond acceptors (Lipinski definition) is 6. The highest BCUT2D eigenvalue weighted by atomic mass is 32.2. The van der Waals surface area contributed by atoms with Gasteiger partial charge in [-0.2, -0.15) is 0 Å². The molecule has 7 nitrogen and oxygen atoms in total. The highest BCUT2D eigenvalue weighted by Crippen LogP contribution is 2.21. The molecule has 0 spiro atoms. The summed E-state index contributed by atoms with van der Waals surface area (Å²) in [4.78, 5) is 26.8. The highest BCUT2D eigenvalue weighted by Gasteiger charge is 2.20. The van der Waals surface area contributed by atoms with Crippen LogP contribution in [0.2, 0.25) is 0 Å². The van der Waals surface area contributed by atoms with Crippen molar-refractivity contribution < 1.29 is 27.5 Å². The number of esters is 1. The summed E-state index contributed by atoms with van der Waals surface area (Å²) in [7, 11) is 2.79. The first-order valence-electron chi connectivity index (χ1n) is 12.9. The van der Waals surface area contributed by atoms with Gasteiger partial charge in [-0.3, -0.25) is 4.79 Å². The Kier molecular flexibility index (Phi) is 19.1. The van der Waals surface area contributed by atoms with E-state index in [0.717, 1.165) is 11.1 Å². The topological polar surface area (TPSA) is 82.1 Å². The highest BCUT2D eigenvalue weighted by molar-refractivity contribution is 7.79. The van der Waals surface area contributed by atoms with Crippen LogP contribution in [0.3, 0.4) is 0 Å². The van der Waals surface area contributed by atoms with Crippen molar-refractivity contribution >= 4 is 34.7 Å². The zero-order valence-electron chi connectivity index (χ0n) is 24.6. The van der Waals surface area contributed by atoms with Crippen molar-refractivity contribution in [3.63, 3.8) is 0 Å². The Morgan fingerprint density at radius 1 is 1.02 bits per heavy atom. The molecular formula is C32H43NO6S. The lowest BCUT2D eigenvalue weighted by Gasteiger charge is -2.23. The van der Waals surface area contributed by atoms with E-state index in [1.165, 1.54) is 20.5 Å². The maximum absolute atomic E-state index is 13.3. The number of rotatable bonds is 13. The van der Waals surface area contributed by atoms with Gasteiger partial charge in [0.1, 0.15) is 5.75 Å². The van der Waals surface area contributed by atoms with E-state index in [0.29, 0.717) is 36.4 Å². The molecule has 0 radical (unpaired) electrons.